The van der Waals surface area contributed by atoms with E-state index in [0.29, 0.717) is 16.5 Å². The smallest absolute Gasteiger partial charge is 0.387 e. The first-order chi connectivity index (χ1) is 14.0. The molecular weight excluding hydrogens is 402 g/mol. The number of ether oxygens (including phenoxy) is 3. The van der Waals surface area contributed by atoms with E-state index in [9.17, 15) is 13.6 Å². The van der Waals surface area contributed by atoms with Crippen LogP contribution >= 0.6 is 11.3 Å². The Morgan fingerprint density at radius 3 is 2.55 bits per heavy atom. The highest BCUT2D eigenvalue weighted by molar-refractivity contribution is 7.13. The lowest BCUT2D eigenvalue weighted by molar-refractivity contribution is -0.0498. The summed E-state index contributed by atoms with van der Waals surface area (Å²) in [7, 11) is 3.09. The summed E-state index contributed by atoms with van der Waals surface area (Å²) < 4.78 is 39.4. The topological polar surface area (TPSA) is 69.7 Å². The maximum atomic E-state index is 12.4. The van der Waals surface area contributed by atoms with Gasteiger partial charge in [0, 0.05) is 11.9 Å². The zero-order valence-electron chi connectivity index (χ0n) is 15.6. The Bertz CT molecular complexity index is 977. The van der Waals surface area contributed by atoms with Crippen LogP contribution in [0.3, 0.4) is 0 Å². The molecule has 1 aromatic heterocycles. The Morgan fingerprint density at radius 1 is 1.14 bits per heavy atom. The van der Waals surface area contributed by atoms with E-state index in [0.717, 1.165) is 11.1 Å². The third-order valence-corrected chi connectivity index (χ3v) is 4.85. The van der Waals surface area contributed by atoms with E-state index in [1.165, 1.54) is 23.5 Å². The number of methoxy groups -OCH3 is 2. The minimum Gasteiger partial charge on any atom is -0.493 e. The summed E-state index contributed by atoms with van der Waals surface area (Å²) in [6.07, 6.45) is 0. The van der Waals surface area contributed by atoms with Gasteiger partial charge in [-0.3, -0.25) is 4.79 Å². The molecule has 0 bridgehead atoms. The van der Waals surface area contributed by atoms with Crippen molar-refractivity contribution in [3.63, 3.8) is 0 Å². The first-order valence-corrected chi connectivity index (χ1v) is 9.38. The van der Waals surface area contributed by atoms with Crippen molar-refractivity contribution in [3.8, 4) is 27.8 Å². The van der Waals surface area contributed by atoms with Crippen LogP contribution in [0.2, 0.25) is 0 Å². The van der Waals surface area contributed by atoms with Gasteiger partial charge >= 0.3 is 6.61 Å². The fraction of sp³-hybridized carbons (Fsp3) is 0.200. The van der Waals surface area contributed by atoms with Crippen LogP contribution in [0, 0.1) is 0 Å². The Kier molecular flexibility index (Phi) is 6.61. The molecule has 0 saturated heterocycles. The molecule has 3 rings (SSSR count). The van der Waals surface area contributed by atoms with Crippen LogP contribution in [0.4, 0.5) is 8.78 Å². The first-order valence-electron chi connectivity index (χ1n) is 8.50. The molecule has 152 valence electrons. The number of thiazole rings is 1. The van der Waals surface area contributed by atoms with E-state index in [4.69, 9.17) is 9.47 Å². The molecule has 3 aromatic rings. The fourth-order valence-corrected chi connectivity index (χ4v) is 3.44. The maximum absolute atomic E-state index is 12.4. The predicted molar refractivity (Wildman–Crippen MR) is 105 cm³/mol. The number of hydrogen-bond acceptors (Lipinski definition) is 6. The predicted octanol–water partition coefficient (Wildman–Crippen LogP) is 4.36. The Labute approximate surface area is 170 Å². The first kappa shape index (κ1) is 20.5. The monoisotopic (exact) mass is 420 g/mol. The zero-order valence-corrected chi connectivity index (χ0v) is 16.5. The molecule has 1 amide bonds. The standard InChI is InChI=1S/C20H18F2N2O4S/c1-26-16-5-3-4-14(17(16)27-2)19-24-15(11-29-19)18(25)23-10-12-6-8-13(9-7-12)28-20(21)22/h3-9,11,20H,10H2,1-2H3,(H,23,25). The third kappa shape index (κ3) is 5.00. The molecule has 6 nitrogen and oxygen atoms in total. The van der Waals surface area contributed by atoms with Gasteiger partial charge in [-0.2, -0.15) is 8.78 Å². The van der Waals surface area contributed by atoms with Crippen LogP contribution in [0.1, 0.15) is 16.1 Å². The molecular formula is C20H18F2N2O4S. The van der Waals surface area contributed by atoms with Crippen LogP contribution in [0.15, 0.2) is 47.8 Å². The van der Waals surface area contributed by atoms with E-state index in [2.05, 4.69) is 15.0 Å². The number of carbonyl (C=O) groups is 1. The number of amides is 1. The molecule has 1 heterocycles. The van der Waals surface area contributed by atoms with Crippen LogP contribution in [-0.2, 0) is 6.54 Å². The lowest BCUT2D eigenvalue weighted by atomic mass is 10.2. The van der Waals surface area contributed by atoms with Crippen molar-refractivity contribution in [3.05, 3.63) is 59.1 Å². The van der Waals surface area contributed by atoms with Crippen molar-refractivity contribution < 1.29 is 27.8 Å². The Balaban J connectivity index is 1.67. The van der Waals surface area contributed by atoms with Crippen molar-refractivity contribution in [2.75, 3.05) is 14.2 Å². The number of rotatable bonds is 8. The van der Waals surface area contributed by atoms with Gasteiger partial charge in [0.1, 0.15) is 16.5 Å². The number of alkyl halides is 2. The minimum atomic E-state index is -2.87. The quantitative estimate of drug-likeness (QED) is 0.587. The average molecular weight is 420 g/mol. The normalized spacial score (nSPS) is 10.7. The maximum Gasteiger partial charge on any atom is 0.387 e. The second-order valence-electron chi connectivity index (χ2n) is 5.78. The molecule has 0 fully saturated rings. The van der Waals surface area contributed by atoms with Crippen molar-refractivity contribution in [1.82, 2.24) is 10.3 Å². The van der Waals surface area contributed by atoms with Crippen LogP contribution in [0.25, 0.3) is 10.6 Å². The van der Waals surface area contributed by atoms with E-state index in [-0.39, 0.29) is 23.9 Å². The molecule has 0 radical (unpaired) electrons. The van der Waals surface area contributed by atoms with Gasteiger partial charge in [0.15, 0.2) is 11.5 Å². The summed E-state index contributed by atoms with van der Waals surface area (Å²) in [6, 6.07) is 11.5. The number of aromatic nitrogens is 1. The number of halogens is 2. The second-order valence-corrected chi connectivity index (χ2v) is 6.64. The van der Waals surface area contributed by atoms with Crippen LogP contribution in [-0.4, -0.2) is 31.7 Å². The summed E-state index contributed by atoms with van der Waals surface area (Å²) >= 11 is 1.31. The number of nitrogens with zero attached hydrogens (tertiary/aromatic N) is 1. The summed E-state index contributed by atoms with van der Waals surface area (Å²) in [5.41, 5.74) is 1.74. The summed E-state index contributed by atoms with van der Waals surface area (Å²) in [4.78, 5) is 16.8. The van der Waals surface area contributed by atoms with Gasteiger partial charge in [-0.15, -0.1) is 11.3 Å². The summed E-state index contributed by atoms with van der Waals surface area (Å²) in [5, 5.41) is 5.03. The lowest BCUT2D eigenvalue weighted by Gasteiger charge is -2.10. The van der Waals surface area contributed by atoms with E-state index >= 15 is 0 Å². The number of para-hydroxylation sites is 1. The Morgan fingerprint density at radius 2 is 1.90 bits per heavy atom. The van der Waals surface area contributed by atoms with Crippen LogP contribution in [0.5, 0.6) is 17.2 Å². The lowest BCUT2D eigenvalue weighted by Crippen LogP contribution is -2.23. The van der Waals surface area contributed by atoms with Gasteiger partial charge in [0.05, 0.1) is 19.8 Å². The molecule has 29 heavy (non-hydrogen) atoms. The number of hydrogen-bond donors (Lipinski definition) is 1. The zero-order chi connectivity index (χ0) is 20.8. The molecule has 1 N–H and O–H groups in total. The van der Waals surface area contributed by atoms with E-state index in [1.807, 2.05) is 12.1 Å². The second kappa shape index (κ2) is 9.33. The van der Waals surface area contributed by atoms with Gasteiger partial charge in [-0.05, 0) is 29.8 Å². The summed E-state index contributed by atoms with van der Waals surface area (Å²) in [6.45, 7) is -2.65. The van der Waals surface area contributed by atoms with Crippen molar-refractivity contribution in [1.29, 1.82) is 0 Å². The largest absolute Gasteiger partial charge is 0.493 e. The van der Waals surface area contributed by atoms with E-state index < -0.39 is 6.61 Å². The highest BCUT2D eigenvalue weighted by atomic mass is 32.1. The molecule has 0 unspecified atom stereocenters. The summed E-state index contributed by atoms with van der Waals surface area (Å²) in [5.74, 6) is 0.835. The molecule has 0 aliphatic carbocycles. The molecule has 2 aromatic carbocycles. The number of carbonyl (C=O) groups excluding carboxylic acids is 1. The molecule has 9 heteroatoms. The van der Waals surface area contributed by atoms with Crippen molar-refractivity contribution >= 4 is 17.2 Å². The minimum absolute atomic E-state index is 0.0615. The molecule has 0 aliphatic heterocycles. The highest BCUT2D eigenvalue weighted by Crippen LogP contribution is 2.38. The Hall–Kier alpha value is -3.20. The van der Waals surface area contributed by atoms with Gasteiger partial charge in [0.25, 0.3) is 5.91 Å². The SMILES string of the molecule is COc1cccc(-c2nc(C(=O)NCc3ccc(OC(F)F)cc3)cs2)c1OC. The number of benzene rings is 2. The van der Waals surface area contributed by atoms with Crippen molar-refractivity contribution in [2.45, 2.75) is 13.2 Å². The van der Waals surface area contributed by atoms with Crippen molar-refractivity contribution in [2.24, 2.45) is 0 Å². The average Bonchev–Trinajstić information content (AvgIpc) is 3.22. The van der Waals surface area contributed by atoms with Gasteiger partial charge in [-0.25, -0.2) is 4.98 Å². The molecule has 0 saturated carbocycles. The highest BCUT2D eigenvalue weighted by Gasteiger charge is 2.17. The molecule has 0 spiro atoms. The van der Waals surface area contributed by atoms with Gasteiger partial charge in [-0.1, -0.05) is 18.2 Å². The van der Waals surface area contributed by atoms with E-state index in [1.54, 1.807) is 37.8 Å². The molecule has 0 aliphatic rings. The van der Waals surface area contributed by atoms with Gasteiger partial charge < -0.3 is 19.5 Å². The number of nitrogens with one attached hydrogen (secondary N) is 1. The fourth-order valence-electron chi connectivity index (χ4n) is 2.62. The third-order valence-electron chi connectivity index (χ3n) is 3.97. The molecule has 0 atom stereocenters. The van der Waals surface area contributed by atoms with Crippen LogP contribution < -0.4 is 19.5 Å². The van der Waals surface area contributed by atoms with Gasteiger partial charge in [0.2, 0.25) is 0 Å².